The van der Waals surface area contributed by atoms with E-state index in [0.717, 1.165) is 6.07 Å². The SMILES string of the molecule is COc1ccc(N/C=C(/C#N)C(=O)Nc2ccc(Cl)c([N+](=O)[O-])c2)cc1. The number of nitro benzene ring substituents is 1. The largest absolute Gasteiger partial charge is 0.497 e. The molecule has 0 saturated carbocycles. The van der Waals surface area contributed by atoms with Gasteiger partial charge in [0.25, 0.3) is 11.6 Å². The second-order valence-electron chi connectivity index (χ2n) is 4.92. The minimum Gasteiger partial charge on any atom is -0.497 e. The number of halogens is 1. The number of nitriles is 1. The molecule has 0 atom stereocenters. The van der Waals surface area contributed by atoms with Gasteiger partial charge in [0, 0.05) is 23.6 Å². The fourth-order valence-electron chi connectivity index (χ4n) is 1.92. The van der Waals surface area contributed by atoms with Crippen LogP contribution in [0.4, 0.5) is 17.1 Å². The minimum atomic E-state index is -0.717. The van der Waals surface area contributed by atoms with E-state index in [-0.39, 0.29) is 22.0 Å². The number of methoxy groups -OCH3 is 1. The summed E-state index contributed by atoms with van der Waals surface area (Å²) in [4.78, 5) is 22.4. The molecule has 2 rings (SSSR count). The number of nitro groups is 1. The molecule has 0 fully saturated rings. The summed E-state index contributed by atoms with van der Waals surface area (Å²) in [6, 6.07) is 12.4. The molecule has 2 aromatic carbocycles. The van der Waals surface area contributed by atoms with Crippen LogP contribution in [0.1, 0.15) is 0 Å². The first-order valence-electron chi connectivity index (χ1n) is 7.20. The average molecular weight is 373 g/mol. The van der Waals surface area contributed by atoms with Crippen LogP contribution < -0.4 is 15.4 Å². The van der Waals surface area contributed by atoms with Gasteiger partial charge in [0.15, 0.2) is 0 Å². The molecular weight excluding hydrogens is 360 g/mol. The molecule has 0 heterocycles. The maximum absolute atomic E-state index is 12.2. The normalized spacial score (nSPS) is 10.6. The lowest BCUT2D eigenvalue weighted by molar-refractivity contribution is -0.384. The topological polar surface area (TPSA) is 117 Å². The number of nitrogens with one attached hydrogen (secondary N) is 2. The fourth-order valence-corrected chi connectivity index (χ4v) is 2.11. The molecule has 8 nitrogen and oxygen atoms in total. The van der Waals surface area contributed by atoms with Crippen LogP contribution >= 0.6 is 11.6 Å². The van der Waals surface area contributed by atoms with E-state index >= 15 is 0 Å². The number of ether oxygens (including phenoxy) is 1. The Hall–Kier alpha value is -3.57. The number of hydrogen-bond acceptors (Lipinski definition) is 6. The smallest absolute Gasteiger partial charge is 0.289 e. The molecule has 0 aliphatic heterocycles. The van der Waals surface area contributed by atoms with Gasteiger partial charge in [0.1, 0.15) is 22.4 Å². The number of nitrogens with zero attached hydrogens (tertiary/aromatic N) is 2. The van der Waals surface area contributed by atoms with Crippen LogP contribution in [0.5, 0.6) is 5.75 Å². The Bertz CT molecular complexity index is 904. The second kappa shape index (κ2) is 8.50. The lowest BCUT2D eigenvalue weighted by atomic mass is 10.2. The summed E-state index contributed by atoms with van der Waals surface area (Å²) in [7, 11) is 1.54. The van der Waals surface area contributed by atoms with E-state index in [0.29, 0.717) is 11.4 Å². The Labute approximate surface area is 153 Å². The first-order valence-corrected chi connectivity index (χ1v) is 7.58. The van der Waals surface area contributed by atoms with Gasteiger partial charge in [-0.25, -0.2) is 0 Å². The zero-order valence-corrected chi connectivity index (χ0v) is 14.3. The molecule has 0 aliphatic carbocycles. The zero-order valence-electron chi connectivity index (χ0n) is 13.5. The Balaban J connectivity index is 2.11. The highest BCUT2D eigenvalue weighted by atomic mass is 35.5. The maximum atomic E-state index is 12.2. The highest BCUT2D eigenvalue weighted by Crippen LogP contribution is 2.27. The first-order chi connectivity index (χ1) is 12.4. The molecule has 9 heteroatoms. The van der Waals surface area contributed by atoms with E-state index in [1.165, 1.54) is 18.3 Å². The molecule has 2 aromatic rings. The number of hydrogen-bond donors (Lipinski definition) is 2. The monoisotopic (exact) mass is 372 g/mol. The van der Waals surface area contributed by atoms with E-state index in [4.69, 9.17) is 21.6 Å². The summed E-state index contributed by atoms with van der Waals surface area (Å²) in [5.41, 5.74) is 0.243. The molecule has 0 aliphatic rings. The van der Waals surface area contributed by atoms with E-state index in [9.17, 15) is 14.9 Å². The van der Waals surface area contributed by atoms with Crippen molar-refractivity contribution in [2.75, 3.05) is 17.7 Å². The van der Waals surface area contributed by atoms with Crippen molar-refractivity contribution in [3.8, 4) is 11.8 Å². The van der Waals surface area contributed by atoms with Gasteiger partial charge in [-0.2, -0.15) is 5.26 Å². The predicted octanol–water partition coefficient (Wildman–Crippen LogP) is 3.71. The fraction of sp³-hybridized carbons (Fsp3) is 0.0588. The minimum absolute atomic E-state index is 0.0507. The van der Waals surface area contributed by atoms with Gasteiger partial charge in [0.05, 0.1) is 12.0 Å². The van der Waals surface area contributed by atoms with Crippen LogP contribution in [0.25, 0.3) is 0 Å². The number of benzene rings is 2. The quantitative estimate of drug-likeness (QED) is 0.345. The van der Waals surface area contributed by atoms with Crippen LogP contribution in [0, 0.1) is 21.4 Å². The molecule has 0 aromatic heterocycles. The van der Waals surface area contributed by atoms with E-state index in [1.54, 1.807) is 37.4 Å². The van der Waals surface area contributed by atoms with Gasteiger partial charge in [0.2, 0.25) is 0 Å². The second-order valence-corrected chi connectivity index (χ2v) is 5.33. The van der Waals surface area contributed by atoms with Gasteiger partial charge in [-0.15, -0.1) is 0 Å². The summed E-state index contributed by atoms with van der Waals surface area (Å²) in [5, 5.41) is 25.2. The van der Waals surface area contributed by atoms with Crippen molar-refractivity contribution in [3.63, 3.8) is 0 Å². The Morgan fingerprint density at radius 2 is 1.92 bits per heavy atom. The van der Waals surface area contributed by atoms with Crippen molar-refractivity contribution < 1.29 is 14.5 Å². The summed E-state index contributed by atoms with van der Waals surface area (Å²) in [5.74, 6) is -0.0488. The van der Waals surface area contributed by atoms with Gasteiger partial charge in [-0.05, 0) is 36.4 Å². The van der Waals surface area contributed by atoms with E-state index < -0.39 is 10.8 Å². The van der Waals surface area contributed by atoms with Crippen LogP contribution in [0.15, 0.2) is 54.2 Å². The van der Waals surface area contributed by atoms with Crippen molar-refractivity contribution in [2.24, 2.45) is 0 Å². The molecule has 132 valence electrons. The standard InChI is InChI=1S/C17H13ClN4O4/c1-26-14-5-2-12(3-6-14)20-10-11(9-19)17(23)21-13-4-7-15(18)16(8-13)22(24)25/h2-8,10,20H,1H3,(H,21,23)/b11-10-. The molecular formula is C17H13ClN4O4. The summed E-state index contributed by atoms with van der Waals surface area (Å²) in [6.45, 7) is 0. The third kappa shape index (κ3) is 4.72. The number of carbonyl (C=O) groups is 1. The number of rotatable bonds is 6. The number of carbonyl (C=O) groups excluding carboxylic acids is 1. The lowest BCUT2D eigenvalue weighted by Gasteiger charge is -2.06. The van der Waals surface area contributed by atoms with Gasteiger partial charge in [-0.3, -0.25) is 14.9 Å². The van der Waals surface area contributed by atoms with Crippen LogP contribution in [-0.4, -0.2) is 17.9 Å². The predicted molar refractivity (Wildman–Crippen MR) is 97.0 cm³/mol. The Morgan fingerprint density at radius 1 is 1.27 bits per heavy atom. The van der Waals surface area contributed by atoms with Gasteiger partial charge < -0.3 is 15.4 Å². The van der Waals surface area contributed by atoms with Crippen molar-refractivity contribution in [1.29, 1.82) is 5.26 Å². The van der Waals surface area contributed by atoms with Gasteiger partial charge >= 0.3 is 0 Å². The Morgan fingerprint density at radius 3 is 2.50 bits per heavy atom. The molecule has 26 heavy (non-hydrogen) atoms. The van der Waals surface area contributed by atoms with Crippen molar-refractivity contribution in [1.82, 2.24) is 0 Å². The molecule has 0 saturated heterocycles. The van der Waals surface area contributed by atoms with Crippen molar-refractivity contribution >= 4 is 34.6 Å². The van der Waals surface area contributed by atoms with Gasteiger partial charge in [-0.1, -0.05) is 11.6 Å². The van der Waals surface area contributed by atoms with Crippen molar-refractivity contribution in [2.45, 2.75) is 0 Å². The van der Waals surface area contributed by atoms with Crippen LogP contribution in [0.3, 0.4) is 0 Å². The number of amides is 1. The highest BCUT2D eigenvalue weighted by Gasteiger charge is 2.15. The third-order valence-electron chi connectivity index (χ3n) is 3.24. The summed E-state index contributed by atoms with van der Waals surface area (Å²) in [6.07, 6.45) is 1.24. The van der Waals surface area contributed by atoms with Crippen LogP contribution in [-0.2, 0) is 4.79 Å². The highest BCUT2D eigenvalue weighted by molar-refractivity contribution is 6.32. The number of anilines is 2. The van der Waals surface area contributed by atoms with Crippen LogP contribution in [0.2, 0.25) is 5.02 Å². The third-order valence-corrected chi connectivity index (χ3v) is 3.56. The Kier molecular flexibility index (Phi) is 6.14. The average Bonchev–Trinajstić information content (AvgIpc) is 2.64. The van der Waals surface area contributed by atoms with E-state index in [1.807, 2.05) is 0 Å². The molecule has 0 bridgehead atoms. The van der Waals surface area contributed by atoms with E-state index in [2.05, 4.69) is 10.6 Å². The molecule has 1 amide bonds. The summed E-state index contributed by atoms with van der Waals surface area (Å²) >= 11 is 5.72. The first kappa shape index (κ1) is 18.8. The molecule has 0 spiro atoms. The molecule has 0 unspecified atom stereocenters. The van der Waals surface area contributed by atoms with Crippen molar-refractivity contribution in [3.05, 3.63) is 69.4 Å². The molecule has 0 radical (unpaired) electrons. The maximum Gasteiger partial charge on any atom is 0.289 e. The zero-order chi connectivity index (χ0) is 19.1. The summed E-state index contributed by atoms with van der Waals surface area (Å²) < 4.78 is 5.04. The lowest BCUT2D eigenvalue weighted by Crippen LogP contribution is -2.14. The molecule has 2 N–H and O–H groups in total.